The molecule has 1 saturated heterocycles. The fourth-order valence-electron chi connectivity index (χ4n) is 3.28. The first-order valence-corrected chi connectivity index (χ1v) is 9.19. The number of methoxy groups -OCH3 is 1. The van der Waals surface area contributed by atoms with Crippen LogP contribution in [0.1, 0.15) is 22.6 Å². The maximum Gasteiger partial charge on any atom is 0.259 e. The molecule has 3 aromatic rings. The Morgan fingerprint density at radius 1 is 1.34 bits per heavy atom. The van der Waals surface area contributed by atoms with E-state index in [1.165, 1.54) is 19.2 Å². The number of nitrogens with one attached hydrogen (secondary N) is 1. The number of nitrogens with zero attached hydrogens (tertiary/aromatic N) is 4. The van der Waals surface area contributed by atoms with Gasteiger partial charge in [-0.15, -0.1) is 0 Å². The molecule has 9 heteroatoms. The number of aryl methyl sites for hydroxylation is 1. The van der Waals surface area contributed by atoms with Gasteiger partial charge in [-0.1, -0.05) is 5.16 Å². The molecule has 1 fully saturated rings. The lowest BCUT2D eigenvalue weighted by molar-refractivity contribution is 0.0940. The lowest BCUT2D eigenvalue weighted by atomic mass is 10.1. The highest BCUT2D eigenvalue weighted by Gasteiger charge is 2.25. The molecule has 0 saturated carbocycles. The molecule has 4 rings (SSSR count). The van der Waals surface area contributed by atoms with Crippen LogP contribution in [-0.2, 0) is 0 Å². The minimum absolute atomic E-state index is 0.0484. The predicted molar refractivity (Wildman–Crippen MR) is 103 cm³/mol. The Hall–Kier alpha value is -3.49. The molecule has 0 spiro atoms. The van der Waals surface area contributed by atoms with Gasteiger partial charge in [-0.3, -0.25) is 4.79 Å². The zero-order valence-electron chi connectivity index (χ0n) is 16.1. The Labute approximate surface area is 166 Å². The van der Waals surface area contributed by atoms with Gasteiger partial charge in [0.1, 0.15) is 5.82 Å². The molecule has 2 aromatic heterocycles. The molecule has 0 bridgehead atoms. The molecule has 150 valence electrons. The fraction of sp³-hybridized carbons (Fsp3) is 0.300. The van der Waals surface area contributed by atoms with Crippen LogP contribution in [0.25, 0.3) is 11.5 Å². The monoisotopic (exact) mass is 397 g/mol. The van der Waals surface area contributed by atoms with Gasteiger partial charge >= 0.3 is 0 Å². The summed E-state index contributed by atoms with van der Waals surface area (Å²) in [4.78, 5) is 23.2. The fourth-order valence-corrected chi connectivity index (χ4v) is 3.28. The summed E-state index contributed by atoms with van der Waals surface area (Å²) in [7, 11) is 1.38. The summed E-state index contributed by atoms with van der Waals surface area (Å²) in [5.74, 6) is 1.04. The second-order valence-corrected chi connectivity index (χ2v) is 6.81. The number of amides is 1. The van der Waals surface area contributed by atoms with E-state index in [4.69, 9.17) is 9.26 Å². The average Bonchev–Trinajstić information content (AvgIpc) is 3.37. The minimum Gasteiger partial charge on any atom is -0.494 e. The summed E-state index contributed by atoms with van der Waals surface area (Å²) in [6, 6.07) is 7.89. The van der Waals surface area contributed by atoms with Gasteiger partial charge in [0.25, 0.3) is 11.8 Å². The highest BCUT2D eigenvalue weighted by atomic mass is 19.1. The van der Waals surface area contributed by atoms with E-state index < -0.39 is 5.82 Å². The Morgan fingerprint density at radius 3 is 2.86 bits per heavy atom. The summed E-state index contributed by atoms with van der Waals surface area (Å²) in [5.41, 5.74) is 1.01. The summed E-state index contributed by atoms with van der Waals surface area (Å²) < 4.78 is 23.9. The first-order chi connectivity index (χ1) is 14.0. The van der Waals surface area contributed by atoms with Crippen LogP contribution in [0.4, 0.5) is 10.2 Å². The van der Waals surface area contributed by atoms with Gasteiger partial charge in [-0.2, -0.15) is 4.98 Å². The molecule has 1 atom stereocenters. The third-order valence-corrected chi connectivity index (χ3v) is 4.78. The van der Waals surface area contributed by atoms with Crippen molar-refractivity contribution in [3.63, 3.8) is 0 Å². The first-order valence-electron chi connectivity index (χ1n) is 9.19. The van der Waals surface area contributed by atoms with Crippen LogP contribution in [0.15, 0.2) is 41.1 Å². The van der Waals surface area contributed by atoms with E-state index in [-0.39, 0.29) is 23.3 Å². The predicted octanol–water partition coefficient (Wildman–Crippen LogP) is 2.60. The number of pyridine rings is 1. The van der Waals surface area contributed by atoms with Crippen LogP contribution in [0.2, 0.25) is 0 Å². The number of halogens is 1. The Kier molecular flexibility index (Phi) is 5.11. The number of carbonyl (C=O) groups is 1. The number of hydrogen-bond donors (Lipinski definition) is 1. The summed E-state index contributed by atoms with van der Waals surface area (Å²) in [5, 5.41) is 6.73. The SMILES string of the molecule is COc1ccc(C(=O)N[C@@H]2CCN(c3ccc(-c4nc(C)no4)cn3)C2)cc1F. The van der Waals surface area contributed by atoms with E-state index in [2.05, 4.69) is 25.3 Å². The smallest absolute Gasteiger partial charge is 0.259 e. The van der Waals surface area contributed by atoms with Crippen LogP contribution < -0.4 is 15.0 Å². The molecular weight excluding hydrogens is 377 g/mol. The van der Waals surface area contributed by atoms with Crippen molar-refractivity contribution in [1.29, 1.82) is 0 Å². The van der Waals surface area contributed by atoms with E-state index in [0.717, 1.165) is 24.3 Å². The number of rotatable bonds is 5. The molecule has 1 aromatic carbocycles. The van der Waals surface area contributed by atoms with E-state index in [1.54, 1.807) is 19.2 Å². The highest BCUT2D eigenvalue weighted by molar-refractivity contribution is 5.94. The molecule has 1 aliphatic heterocycles. The highest BCUT2D eigenvalue weighted by Crippen LogP contribution is 2.23. The van der Waals surface area contributed by atoms with Crippen molar-refractivity contribution in [3.8, 4) is 17.2 Å². The van der Waals surface area contributed by atoms with E-state index in [9.17, 15) is 9.18 Å². The molecule has 1 amide bonds. The van der Waals surface area contributed by atoms with Crippen LogP contribution in [-0.4, -0.2) is 47.3 Å². The van der Waals surface area contributed by atoms with Crippen LogP contribution in [0, 0.1) is 12.7 Å². The lowest BCUT2D eigenvalue weighted by Crippen LogP contribution is -2.37. The Bertz CT molecular complexity index is 1020. The quantitative estimate of drug-likeness (QED) is 0.707. The standard InChI is InChI=1S/C20H20FN5O3/c1-12-23-20(29-25-12)14-4-6-18(22-10-14)26-8-7-15(11-26)24-19(27)13-3-5-17(28-2)16(21)9-13/h3-6,9-10,15H,7-8,11H2,1-2H3,(H,24,27)/t15-/m1/s1. The average molecular weight is 397 g/mol. The van der Waals surface area contributed by atoms with Crippen molar-refractivity contribution in [2.45, 2.75) is 19.4 Å². The largest absolute Gasteiger partial charge is 0.494 e. The number of aromatic nitrogens is 3. The third kappa shape index (κ3) is 4.03. The van der Waals surface area contributed by atoms with Crippen LogP contribution in [0.3, 0.4) is 0 Å². The van der Waals surface area contributed by atoms with Crippen molar-refractivity contribution in [3.05, 3.63) is 53.7 Å². The minimum atomic E-state index is -0.561. The second-order valence-electron chi connectivity index (χ2n) is 6.81. The van der Waals surface area contributed by atoms with Gasteiger partial charge < -0.3 is 19.5 Å². The number of carbonyl (C=O) groups excluding carboxylic acids is 1. The number of ether oxygens (including phenoxy) is 1. The van der Waals surface area contributed by atoms with Crippen LogP contribution >= 0.6 is 0 Å². The van der Waals surface area contributed by atoms with Crippen molar-refractivity contribution in [1.82, 2.24) is 20.4 Å². The zero-order valence-corrected chi connectivity index (χ0v) is 16.1. The van der Waals surface area contributed by atoms with Crippen molar-refractivity contribution >= 4 is 11.7 Å². The summed E-state index contributed by atoms with van der Waals surface area (Å²) in [6.45, 7) is 3.14. The van der Waals surface area contributed by atoms with Gasteiger partial charge in [0.15, 0.2) is 17.4 Å². The van der Waals surface area contributed by atoms with Gasteiger partial charge in [-0.25, -0.2) is 9.37 Å². The van der Waals surface area contributed by atoms with Crippen molar-refractivity contribution in [2.24, 2.45) is 0 Å². The summed E-state index contributed by atoms with van der Waals surface area (Å²) in [6.07, 6.45) is 2.46. The molecule has 0 aliphatic carbocycles. The molecule has 1 aliphatic rings. The van der Waals surface area contributed by atoms with Gasteiger partial charge in [0.2, 0.25) is 0 Å². The summed E-state index contributed by atoms with van der Waals surface area (Å²) >= 11 is 0. The molecule has 0 unspecified atom stereocenters. The van der Waals surface area contributed by atoms with Crippen molar-refractivity contribution in [2.75, 3.05) is 25.1 Å². The molecule has 0 radical (unpaired) electrons. The number of anilines is 1. The van der Waals surface area contributed by atoms with E-state index in [0.29, 0.717) is 18.3 Å². The second kappa shape index (κ2) is 7.86. The van der Waals surface area contributed by atoms with Gasteiger partial charge in [0.05, 0.1) is 12.7 Å². The maximum absolute atomic E-state index is 13.8. The van der Waals surface area contributed by atoms with E-state index in [1.807, 2.05) is 12.1 Å². The molecule has 1 N–H and O–H groups in total. The van der Waals surface area contributed by atoms with Gasteiger partial charge in [-0.05, 0) is 43.7 Å². The Balaban J connectivity index is 1.37. The van der Waals surface area contributed by atoms with Crippen molar-refractivity contribution < 1.29 is 18.4 Å². The third-order valence-electron chi connectivity index (χ3n) is 4.78. The number of benzene rings is 1. The molecular formula is C20H20FN5O3. The van der Waals surface area contributed by atoms with Gasteiger partial charge in [0, 0.05) is 30.9 Å². The molecule has 8 nitrogen and oxygen atoms in total. The number of hydrogen-bond acceptors (Lipinski definition) is 7. The molecule has 3 heterocycles. The first kappa shape index (κ1) is 18.9. The van der Waals surface area contributed by atoms with E-state index >= 15 is 0 Å². The normalized spacial score (nSPS) is 16.1. The van der Waals surface area contributed by atoms with Crippen LogP contribution in [0.5, 0.6) is 5.75 Å². The topological polar surface area (TPSA) is 93.4 Å². The maximum atomic E-state index is 13.8. The lowest BCUT2D eigenvalue weighted by Gasteiger charge is -2.18. The molecule has 29 heavy (non-hydrogen) atoms. The Morgan fingerprint density at radius 2 is 2.21 bits per heavy atom. The zero-order chi connectivity index (χ0) is 20.4.